The van der Waals surface area contributed by atoms with Crippen LogP contribution in [0.15, 0.2) is 29.1 Å². The number of amides is 1. The summed E-state index contributed by atoms with van der Waals surface area (Å²) in [7, 11) is 1.54. The first-order valence-corrected chi connectivity index (χ1v) is 9.26. The van der Waals surface area contributed by atoms with Gasteiger partial charge in [-0.15, -0.1) is 11.3 Å². The second-order valence-electron chi connectivity index (χ2n) is 6.31. The molecule has 0 aliphatic rings. The molecule has 146 valence electrons. The summed E-state index contributed by atoms with van der Waals surface area (Å²) in [6.07, 6.45) is 0.214. The molecule has 0 spiro atoms. The lowest BCUT2D eigenvalue weighted by atomic mass is 10.1. The van der Waals surface area contributed by atoms with Gasteiger partial charge in [0.15, 0.2) is 0 Å². The van der Waals surface area contributed by atoms with E-state index < -0.39 is 23.5 Å². The molecule has 3 N–H and O–H groups in total. The zero-order chi connectivity index (χ0) is 20.6. The number of rotatable bonds is 6. The quantitative estimate of drug-likeness (QED) is 0.652. The van der Waals surface area contributed by atoms with Gasteiger partial charge >= 0.3 is 5.97 Å². The van der Waals surface area contributed by atoms with E-state index >= 15 is 0 Å². The van der Waals surface area contributed by atoms with Gasteiger partial charge in [-0.05, 0) is 25.5 Å². The first kappa shape index (κ1) is 19.6. The number of ether oxygens (including phenoxy) is 1. The Bertz CT molecular complexity index is 1150. The van der Waals surface area contributed by atoms with Gasteiger partial charge in [0.1, 0.15) is 27.3 Å². The molecule has 1 atom stereocenters. The largest absolute Gasteiger partial charge is 0.496 e. The number of carbonyl (C=O) groups is 2. The molecule has 9 heteroatoms. The lowest BCUT2D eigenvalue weighted by molar-refractivity contribution is -0.120. The van der Waals surface area contributed by atoms with Crippen LogP contribution in [0.2, 0.25) is 0 Å². The van der Waals surface area contributed by atoms with Crippen molar-refractivity contribution in [2.75, 3.05) is 7.11 Å². The number of nitrogens with zero attached hydrogens (tertiary/aromatic N) is 2. The van der Waals surface area contributed by atoms with Crippen LogP contribution in [-0.2, 0) is 11.2 Å². The Morgan fingerprint density at radius 2 is 2.04 bits per heavy atom. The Labute approximate surface area is 164 Å². The predicted molar refractivity (Wildman–Crippen MR) is 105 cm³/mol. The summed E-state index contributed by atoms with van der Waals surface area (Å²) in [4.78, 5) is 41.4. The molecule has 0 aliphatic carbocycles. The Hall–Kier alpha value is -3.20. The van der Waals surface area contributed by atoms with E-state index in [0.29, 0.717) is 22.0 Å². The highest BCUT2D eigenvalue weighted by Gasteiger charge is 2.25. The van der Waals surface area contributed by atoms with E-state index in [0.717, 1.165) is 16.9 Å². The van der Waals surface area contributed by atoms with Crippen molar-refractivity contribution >= 4 is 33.4 Å². The number of methoxy groups -OCH3 is 1. The monoisotopic (exact) mass is 401 g/mol. The Morgan fingerprint density at radius 3 is 2.64 bits per heavy atom. The number of benzene rings is 1. The van der Waals surface area contributed by atoms with Crippen molar-refractivity contribution in [2.24, 2.45) is 5.73 Å². The lowest BCUT2D eigenvalue weighted by Gasteiger charge is -2.17. The summed E-state index contributed by atoms with van der Waals surface area (Å²) in [5, 5.41) is 9.57. The highest BCUT2D eigenvalue weighted by Crippen LogP contribution is 2.29. The summed E-state index contributed by atoms with van der Waals surface area (Å²) in [6.45, 7) is 3.08. The van der Waals surface area contributed by atoms with Crippen molar-refractivity contribution in [3.63, 3.8) is 0 Å². The minimum Gasteiger partial charge on any atom is -0.496 e. The van der Waals surface area contributed by atoms with E-state index in [4.69, 9.17) is 10.5 Å². The van der Waals surface area contributed by atoms with E-state index in [-0.39, 0.29) is 16.7 Å². The van der Waals surface area contributed by atoms with Crippen LogP contribution in [0.5, 0.6) is 5.75 Å². The van der Waals surface area contributed by atoms with Crippen LogP contribution in [0.4, 0.5) is 0 Å². The van der Waals surface area contributed by atoms with Gasteiger partial charge in [-0.2, -0.15) is 0 Å². The zero-order valence-corrected chi connectivity index (χ0v) is 16.4. The molecule has 28 heavy (non-hydrogen) atoms. The number of carboxylic acids is 1. The smallest absolute Gasteiger partial charge is 0.346 e. The SMILES string of the molecule is COc1ccccc1Cc1nc2sc(C(=O)O)c(C)c2c(=O)n1C(C)C(N)=O. The first-order chi connectivity index (χ1) is 13.3. The molecule has 0 saturated heterocycles. The van der Waals surface area contributed by atoms with E-state index in [9.17, 15) is 19.5 Å². The van der Waals surface area contributed by atoms with Gasteiger partial charge in [0, 0.05) is 12.0 Å². The summed E-state index contributed by atoms with van der Waals surface area (Å²) >= 11 is 0.938. The highest BCUT2D eigenvalue weighted by atomic mass is 32.1. The minimum absolute atomic E-state index is 0.0484. The average molecular weight is 401 g/mol. The van der Waals surface area contributed by atoms with Gasteiger partial charge in [-0.1, -0.05) is 18.2 Å². The number of carboxylic acid groups (broad SMARTS) is 1. The molecule has 0 bridgehead atoms. The molecular weight excluding hydrogens is 382 g/mol. The van der Waals surface area contributed by atoms with Crippen LogP contribution in [0.1, 0.15) is 39.6 Å². The fourth-order valence-corrected chi connectivity index (χ4v) is 4.14. The number of aryl methyl sites for hydroxylation is 1. The third-order valence-electron chi connectivity index (χ3n) is 4.60. The topological polar surface area (TPSA) is 125 Å². The fourth-order valence-electron chi connectivity index (χ4n) is 3.11. The molecular formula is C19H19N3O5S. The molecule has 8 nitrogen and oxygen atoms in total. The number of nitrogens with two attached hydrogens (primary N) is 1. The van der Waals surface area contributed by atoms with Crippen LogP contribution in [0, 0.1) is 6.92 Å². The average Bonchev–Trinajstić information content (AvgIpc) is 2.98. The third-order valence-corrected chi connectivity index (χ3v) is 5.78. The first-order valence-electron chi connectivity index (χ1n) is 8.45. The molecule has 0 saturated carbocycles. The molecule has 3 rings (SSSR count). The molecule has 0 aliphatic heterocycles. The van der Waals surface area contributed by atoms with Gasteiger partial charge in [0.25, 0.3) is 5.56 Å². The van der Waals surface area contributed by atoms with Gasteiger partial charge in [0.05, 0.1) is 12.5 Å². The molecule has 1 unspecified atom stereocenters. The number of carbonyl (C=O) groups excluding carboxylic acids is 1. The summed E-state index contributed by atoms with van der Waals surface area (Å²) in [5.74, 6) is -0.883. The van der Waals surface area contributed by atoms with Crippen molar-refractivity contribution in [3.8, 4) is 5.75 Å². The number of fused-ring (bicyclic) bond motifs is 1. The number of aromatic nitrogens is 2. The molecule has 1 amide bonds. The van der Waals surface area contributed by atoms with Crippen LogP contribution in [0.3, 0.4) is 0 Å². The predicted octanol–water partition coefficient (Wildman–Crippen LogP) is 2.11. The maximum absolute atomic E-state index is 13.2. The number of aromatic carboxylic acids is 1. The number of para-hydroxylation sites is 1. The summed E-state index contributed by atoms with van der Waals surface area (Å²) in [5.41, 5.74) is 6.07. The standard InChI is InChI=1S/C19H19N3O5S/c1-9-14-17(28-15(9)19(25)26)21-13(22(18(14)24)10(2)16(20)23)8-11-6-4-5-7-12(11)27-3/h4-7,10H,8H2,1-3H3,(H2,20,23)(H,25,26). The maximum atomic E-state index is 13.2. The Morgan fingerprint density at radius 1 is 1.36 bits per heavy atom. The molecule has 0 radical (unpaired) electrons. The van der Waals surface area contributed by atoms with Crippen LogP contribution < -0.4 is 16.0 Å². The van der Waals surface area contributed by atoms with E-state index in [2.05, 4.69) is 4.98 Å². The zero-order valence-electron chi connectivity index (χ0n) is 15.6. The number of hydrogen-bond acceptors (Lipinski definition) is 6. The highest BCUT2D eigenvalue weighted by molar-refractivity contribution is 7.20. The molecule has 1 aromatic carbocycles. The van der Waals surface area contributed by atoms with Crippen molar-refractivity contribution < 1.29 is 19.4 Å². The van der Waals surface area contributed by atoms with Gasteiger partial charge in [-0.3, -0.25) is 14.2 Å². The minimum atomic E-state index is -1.12. The second-order valence-corrected chi connectivity index (χ2v) is 7.31. The molecule has 2 aromatic heterocycles. The fraction of sp³-hybridized carbons (Fsp3) is 0.263. The van der Waals surface area contributed by atoms with Crippen LogP contribution >= 0.6 is 11.3 Å². The molecule has 2 heterocycles. The number of thiophene rings is 1. The van der Waals surface area contributed by atoms with E-state index in [1.165, 1.54) is 18.6 Å². The number of hydrogen-bond donors (Lipinski definition) is 2. The van der Waals surface area contributed by atoms with Crippen LogP contribution in [0.25, 0.3) is 10.2 Å². The van der Waals surface area contributed by atoms with Crippen LogP contribution in [-0.4, -0.2) is 33.6 Å². The normalized spacial score (nSPS) is 12.1. The van der Waals surface area contributed by atoms with Crippen molar-refractivity contribution in [1.82, 2.24) is 9.55 Å². The van der Waals surface area contributed by atoms with E-state index in [1.54, 1.807) is 13.0 Å². The lowest BCUT2D eigenvalue weighted by Crippen LogP contribution is -2.35. The second kappa shape index (κ2) is 7.43. The summed E-state index contributed by atoms with van der Waals surface area (Å²) < 4.78 is 6.59. The van der Waals surface area contributed by atoms with E-state index in [1.807, 2.05) is 18.2 Å². The third kappa shape index (κ3) is 3.24. The van der Waals surface area contributed by atoms with Crippen molar-refractivity contribution in [1.29, 1.82) is 0 Å². The Balaban J connectivity index is 2.31. The Kier molecular flexibility index (Phi) is 5.19. The molecule has 0 fully saturated rings. The van der Waals surface area contributed by atoms with Gasteiger partial charge in [-0.25, -0.2) is 9.78 Å². The van der Waals surface area contributed by atoms with Crippen molar-refractivity contribution in [2.45, 2.75) is 26.3 Å². The van der Waals surface area contributed by atoms with Crippen molar-refractivity contribution in [3.05, 3.63) is 56.4 Å². The maximum Gasteiger partial charge on any atom is 0.346 e. The molecule has 3 aromatic rings. The van der Waals surface area contributed by atoms with Gasteiger partial charge in [0.2, 0.25) is 5.91 Å². The summed E-state index contributed by atoms with van der Waals surface area (Å²) in [6, 6.07) is 6.32. The van der Waals surface area contributed by atoms with Gasteiger partial charge < -0.3 is 15.6 Å². The number of primary amides is 1.